The zero-order chi connectivity index (χ0) is 29.1. The van der Waals surface area contributed by atoms with E-state index in [4.69, 9.17) is 27.9 Å². The fraction of sp³-hybridized carbons (Fsp3) is 0.0690. The highest BCUT2D eigenvalue weighted by Gasteiger charge is 2.21. The third-order valence-corrected chi connectivity index (χ3v) is 7.95. The number of sulfonamides is 1. The number of hydrogen-bond donors (Lipinski definition) is 4. The molecule has 0 saturated carbocycles. The first kappa shape index (κ1) is 30.4. The number of aromatic hydroxyl groups is 1. The van der Waals surface area contributed by atoms with E-state index in [2.05, 4.69) is 25.3 Å². The van der Waals surface area contributed by atoms with E-state index in [9.17, 15) is 18.3 Å². The molecule has 0 unspecified atom stereocenters. The number of ether oxygens (including phenoxy) is 1. The second kappa shape index (κ2) is 12.5. The van der Waals surface area contributed by atoms with Crippen LogP contribution in [0.5, 0.6) is 11.5 Å². The molecule has 4 aromatic carbocycles. The van der Waals surface area contributed by atoms with Gasteiger partial charge in [-0.1, -0.05) is 54.9 Å². The number of phenols is 1. The summed E-state index contributed by atoms with van der Waals surface area (Å²) in [5.41, 5.74) is 1.69. The monoisotopic (exact) mass is 625 g/mol. The Morgan fingerprint density at radius 2 is 1.55 bits per heavy atom. The molecule has 0 atom stereocenters. The van der Waals surface area contributed by atoms with Crippen molar-refractivity contribution in [2.75, 3.05) is 22.5 Å². The van der Waals surface area contributed by atoms with Crippen LogP contribution in [0.25, 0.3) is 11.0 Å². The van der Waals surface area contributed by atoms with E-state index < -0.39 is 15.9 Å². The number of halogens is 2. The number of para-hydroxylation sites is 2. The van der Waals surface area contributed by atoms with Gasteiger partial charge in [0.2, 0.25) is 0 Å². The Morgan fingerprint density at radius 3 is 2.26 bits per heavy atom. The minimum atomic E-state index is -4.22. The first-order valence-electron chi connectivity index (χ1n) is 11.9. The summed E-state index contributed by atoms with van der Waals surface area (Å²) < 4.78 is 34.7. The number of amides is 1. The maximum Gasteiger partial charge on any atom is 0.263 e. The van der Waals surface area contributed by atoms with E-state index in [0.29, 0.717) is 22.5 Å². The number of carbonyl (C=O) groups excluding carboxylic acids is 1. The van der Waals surface area contributed by atoms with Gasteiger partial charge in [0, 0.05) is 29.6 Å². The Hall–Kier alpha value is -4.58. The van der Waals surface area contributed by atoms with Crippen LogP contribution in [0.15, 0.2) is 89.8 Å². The number of hydrogen-bond acceptors (Lipinski definition) is 8. The van der Waals surface area contributed by atoms with Crippen molar-refractivity contribution in [1.82, 2.24) is 9.97 Å². The third kappa shape index (κ3) is 6.65. The lowest BCUT2D eigenvalue weighted by molar-refractivity contribution is 0.102. The Kier molecular flexibility index (Phi) is 9.05. The van der Waals surface area contributed by atoms with Crippen molar-refractivity contribution in [1.29, 1.82) is 0 Å². The van der Waals surface area contributed by atoms with Crippen LogP contribution in [0.3, 0.4) is 0 Å². The molecule has 216 valence electrons. The molecule has 10 nitrogen and oxygen atoms in total. The minimum Gasteiger partial charge on any atom is -0.508 e. The first-order chi connectivity index (χ1) is 19.6. The second-order valence-electron chi connectivity index (χ2n) is 8.64. The zero-order valence-corrected chi connectivity index (χ0v) is 23.6. The van der Waals surface area contributed by atoms with Gasteiger partial charge in [-0.05, 0) is 42.5 Å². The van der Waals surface area contributed by atoms with E-state index in [1.807, 2.05) is 0 Å². The fourth-order valence-corrected chi connectivity index (χ4v) is 5.31. The van der Waals surface area contributed by atoms with Gasteiger partial charge < -0.3 is 20.5 Å². The van der Waals surface area contributed by atoms with Gasteiger partial charge in [0.1, 0.15) is 11.5 Å². The smallest absolute Gasteiger partial charge is 0.263 e. The Labute approximate surface area is 252 Å². The zero-order valence-electron chi connectivity index (χ0n) is 21.2. The minimum absolute atomic E-state index is 0. The SMILES string of the molecule is C.COc1cc(O)cc(Nc2nc3ccccc3nc2NS(=O)(=O)c2cccc(NC(=O)c3cccc(Cl)c3Cl)c2)c1. The van der Waals surface area contributed by atoms with Crippen LogP contribution in [-0.4, -0.2) is 36.5 Å². The lowest BCUT2D eigenvalue weighted by Crippen LogP contribution is -2.17. The van der Waals surface area contributed by atoms with Gasteiger partial charge in [0.15, 0.2) is 11.6 Å². The number of aromatic nitrogens is 2. The van der Waals surface area contributed by atoms with Crippen molar-refractivity contribution in [3.8, 4) is 11.5 Å². The molecule has 1 heterocycles. The fourth-order valence-electron chi connectivity index (χ4n) is 3.87. The largest absolute Gasteiger partial charge is 0.508 e. The number of anilines is 4. The molecule has 0 fully saturated rings. The summed E-state index contributed by atoms with van der Waals surface area (Å²) in [4.78, 5) is 21.6. The molecule has 5 aromatic rings. The standard InChI is InChI=1S/C28H21Cl2N5O5S.CH4/c1-40-19-13-17(12-18(36)15-19)31-26-27(34-24-11-3-2-10-23(24)33-26)35-41(38,39)20-7-4-6-16(14-20)32-28(37)21-8-5-9-22(29)25(21)30;/h2-15,36H,1H3,(H,31,33)(H,32,37)(H,34,35);1H4. The van der Waals surface area contributed by atoms with E-state index in [0.717, 1.165) is 0 Å². The van der Waals surface area contributed by atoms with Crippen LogP contribution in [0, 0.1) is 0 Å². The van der Waals surface area contributed by atoms with Gasteiger partial charge in [-0.3, -0.25) is 9.52 Å². The van der Waals surface area contributed by atoms with Crippen LogP contribution in [0.4, 0.5) is 23.0 Å². The molecule has 1 aromatic heterocycles. The highest BCUT2D eigenvalue weighted by atomic mass is 35.5. The van der Waals surface area contributed by atoms with Gasteiger partial charge in [-0.2, -0.15) is 0 Å². The summed E-state index contributed by atoms with van der Waals surface area (Å²) in [5, 5.41) is 16.0. The molecule has 5 rings (SSSR count). The molecule has 42 heavy (non-hydrogen) atoms. The summed E-state index contributed by atoms with van der Waals surface area (Å²) in [6.45, 7) is 0. The average Bonchev–Trinajstić information content (AvgIpc) is 2.94. The van der Waals surface area contributed by atoms with Crippen molar-refractivity contribution in [2.24, 2.45) is 0 Å². The van der Waals surface area contributed by atoms with Crippen molar-refractivity contribution < 1.29 is 23.1 Å². The highest BCUT2D eigenvalue weighted by Crippen LogP contribution is 2.32. The molecule has 4 N–H and O–H groups in total. The molecule has 0 bridgehead atoms. The van der Waals surface area contributed by atoms with Crippen LogP contribution in [0.1, 0.15) is 17.8 Å². The summed E-state index contributed by atoms with van der Waals surface area (Å²) in [5.74, 6) is -0.262. The van der Waals surface area contributed by atoms with Crippen molar-refractivity contribution in [3.05, 3.63) is 101 Å². The van der Waals surface area contributed by atoms with Crippen molar-refractivity contribution >= 4 is 73.2 Å². The number of fused-ring (bicyclic) bond motifs is 1. The van der Waals surface area contributed by atoms with Crippen LogP contribution in [-0.2, 0) is 10.0 Å². The van der Waals surface area contributed by atoms with E-state index in [1.54, 1.807) is 42.5 Å². The number of carbonyl (C=O) groups is 1. The molecule has 1 amide bonds. The molecule has 0 spiro atoms. The number of nitrogens with zero attached hydrogens (tertiary/aromatic N) is 2. The van der Waals surface area contributed by atoms with E-state index in [-0.39, 0.29) is 51.0 Å². The normalized spacial score (nSPS) is 10.9. The van der Waals surface area contributed by atoms with Gasteiger partial charge in [-0.15, -0.1) is 0 Å². The first-order valence-corrected chi connectivity index (χ1v) is 14.2. The highest BCUT2D eigenvalue weighted by molar-refractivity contribution is 7.92. The topological polar surface area (TPSA) is 143 Å². The van der Waals surface area contributed by atoms with Crippen molar-refractivity contribution in [2.45, 2.75) is 12.3 Å². The van der Waals surface area contributed by atoms with Crippen molar-refractivity contribution in [3.63, 3.8) is 0 Å². The average molecular weight is 627 g/mol. The number of phenolic OH excluding ortho intramolecular Hbond substituents is 1. The summed E-state index contributed by atoms with van der Waals surface area (Å²) in [6, 6.07) is 21.7. The lowest BCUT2D eigenvalue weighted by atomic mass is 10.2. The number of nitrogens with one attached hydrogen (secondary N) is 3. The van der Waals surface area contributed by atoms with Crippen LogP contribution in [0.2, 0.25) is 10.0 Å². The predicted molar refractivity (Wildman–Crippen MR) is 166 cm³/mol. The summed E-state index contributed by atoms with van der Waals surface area (Å²) in [7, 11) is -2.77. The van der Waals surface area contributed by atoms with Gasteiger partial charge in [0.05, 0.1) is 38.6 Å². The Bertz CT molecular complexity index is 1900. The van der Waals surface area contributed by atoms with Gasteiger partial charge in [-0.25, -0.2) is 18.4 Å². The molecular formula is C29H25Cl2N5O5S. The second-order valence-corrected chi connectivity index (χ2v) is 11.1. The molecule has 0 radical (unpaired) electrons. The Balaban J connectivity index is 0.00000405. The third-order valence-electron chi connectivity index (χ3n) is 5.79. The molecule has 0 aliphatic carbocycles. The van der Waals surface area contributed by atoms with Crippen LogP contribution < -0.4 is 20.1 Å². The van der Waals surface area contributed by atoms with E-state index >= 15 is 0 Å². The molecule has 0 aliphatic rings. The van der Waals surface area contributed by atoms with Gasteiger partial charge in [0.25, 0.3) is 15.9 Å². The number of benzene rings is 4. The Morgan fingerprint density at radius 1 is 0.857 bits per heavy atom. The van der Waals surface area contributed by atoms with Gasteiger partial charge >= 0.3 is 0 Å². The maximum absolute atomic E-state index is 13.5. The molecule has 0 aliphatic heterocycles. The maximum atomic E-state index is 13.5. The quantitative estimate of drug-likeness (QED) is 0.143. The van der Waals surface area contributed by atoms with Crippen LogP contribution >= 0.6 is 23.2 Å². The lowest BCUT2D eigenvalue weighted by Gasteiger charge is -2.15. The molecule has 13 heteroatoms. The molecule has 0 saturated heterocycles. The number of methoxy groups -OCH3 is 1. The van der Waals surface area contributed by atoms with E-state index in [1.165, 1.54) is 49.6 Å². The summed E-state index contributed by atoms with van der Waals surface area (Å²) >= 11 is 12.2. The molecular weight excluding hydrogens is 601 g/mol. The predicted octanol–water partition coefficient (Wildman–Crippen LogP) is 7.08. The summed E-state index contributed by atoms with van der Waals surface area (Å²) in [6.07, 6.45) is 0. The number of rotatable bonds is 8.